The Balaban J connectivity index is 1.43. The summed E-state index contributed by atoms with van der Waals surface area (Å²) in [5.74, 6) is 1.000. The molecule has 36 heavy (non-hydrogen) atoms. The van der Waals surface area contributed by atoms with Crippen molar-refractivity contribution in [1.29, 1.82) is 0 Å². The molecule has 0 atom stereocenters. The third-order valence-electron chi connectivity index (χ3n) is 6.15. The van der Waals surface area contributed by atoms with Gasteiger partial charge in [0.1, 0.15) is 5.82 Å². The minimum Gasteiger partial charge on any atom is -0.454 e. The number of nitrogens with zero attached hydrogens (tertiary/aromatic N) is 3. The van der Waals surface area contributed by atoms with E-state index in [2.05, 4.69) is 33.5 Å². The predicted octanol–water partition coefficient (Wildman–Crippen LogP) is 5.36. The minimum absolute atomic E-state index is 0.208. The number of likely N-dealkylation sites (N-methyl/N-ethyl adjacent to an activating group) is 1. The number of carbonyl (C=O) groups is 1. The van der Waals surface area contributed by atoms with Gasteiger partial charge in [0.05, 0.1) is 11.3 Å². The van der Waals surface area contributed by atoms with E-state index in [0.29, 0.717) is 37.1 Å². The summed E-state index contributed by atoms with van der Waals surface area (Å²) < 4.78 is 25.6. The highest BCUT2D eigenvalue weighted by Gasteiger charge is 2.23. The van der Waals surface area contributed by atoms with Crippen LogP contribution in [-0.4, -0.2) is 40.7 Å². The number of ether oxygens (including phenoxy) is 2. The number of carbonyl (C=O) groups excluding carboxylic acids is 1. The number of amides is 1. The van der Waals surface area contributed by atoms with Gasteiger partial charge in [-0.25, -0.2) is 14.4 Å². The van der Waals surface area contributed by atoms with Crippen molar-refractivity contribution in [2.75, 3.05) is 25.2 Å². The van der Waals surface area contributed by atoms with Crippen LogP contribution in [0.5, 0.6) is 11.5 Å². The average molecular weight is 487 g/mol. The summed E-state index contributed by atoms with van der Waals surface area (Å²) in [7, 11) is 0. The standard InChI is InChI=1S/C28H27FN4O3/c1-2-33(17-19-8-4-3-5-9-19)27(34)22-16-31-28(32-26(22)21-10-6-7-11-23(21)29)30-15-20-12-13-24-25(14-20)36-18-35-24/h4,6-14,16H,2-3,5,15,17-18H2,1H3,(H,30,31,32). The van der Waals surface area contributed by atoms with Gasteiger partial charge in [-0.15, -0.1) is 0 Å². The van der Waals surface area contributed by atoms with Gasteiger partial charge in [-0.3, -0.25) is 4.79 Å². The average Bonchev–Trinajstić information content (AvgIpc) is 3.39. The van der Waals surface area contributed by atoms with Crippen LogP contribution in [0.15, 0.2) is 72.5 Å². The van der Waals surface area contributed by atoms with Gasteiger partial charge in [0, 0.05) is 31.4 Å². The van der Waals surface area contributed by atoms with Crippen molar-refractivity contribution in [1.82, 2.24) is 14.9 Å². The number of nitrogens with one attached hydrogen (secondary N) is 1. The highest BCUT2D eigenvalue weighted by molar-refractivity contribution is 6.00. The van der Waals surface area contributed by atoms with Crippen LogP contribution < -0.4 is 14.8 Å². The zero-order chi connectivity index (χ0) is 24.9. The minimum atomic E-state index is -0.451. The van der Waals surface area contributed by atoms with Crippen molar-refractivity contribution < 1.29 is 18.7 Å². The molecule has 2 heterocycles. The molecule has 2 aliphatic rings. The number of fused-ring (bicyclic) bond motifs is 1. The van der Waals surface area contributed by atoms with Crippen LogP contribution in [0.3, 0.4) is 0 Å². The van der Waals surface area contributed by atoms with Gasteiger partial charge in [-0.2, -0.15) is 0 Å². The molecule has 7 nitrogen and oxygen atoms in total. The van der Waals surface area contributed by atoms with Crippen molar-refractivity contribution in [2.24, 2.45) is 0 Å². The largest absolute Gasteiger partial charge is 0.454 e. The highest BCUT2D eigenvalue weighted by atomic mass is 19.1. The Hall–Kier alpha value is -4.20. The molecular formula is C28H27FN4O3. The lowest BCUT2D eigenvalue weighted by molar-refractivity contribution is 0.0779. The Morgan fingerprint density at radius 1 is 1.14 bits per heavy atom. The van der Waals surface area contributed by atoms with E-state index in [9.17, 15) is 9.18 Å². The third-order valence-corrected chi connectivity index (χ3v) is 6.15. The molecular weight excluding hydrogens is 459 g/mol. The smallest absolute Gasteiger partial charge is 0.257 e. The number of benzene rings is 2. The van der Waals surface area contributed by atoms with Crippen LogP contribution in [0.1, 0.15) is 35.7 Å². The fraction of sp³-hybridized carbons (Fsp3) is 0.250. The van der Waals surface area contributed by atoms with Crippen LogP contribution in [0, 0.1) is 5.82 Å². The SMILES string of the molecule is CCN(CC1=CCCC=C1)C(=O)c1cnc(NCc2ccc3c(c2)OCO3)nc1-c1ccccc1F. The molecule has 0 radical (unpaired) electrons. The fourth-order valence-electron chi connectivity index (χ4n) is 4.22. The van der Waals surface area contributed by atoms with E-state index < -0.39 is 5.82 Å². The lowest BCUT2D eigenvalue weighted by atomic mass is 10.0. The van der Waals surface area contributed by atoms with Crippen molar-refractivity contribution in [3.63, 3.8) is 0 Å². The van der Waals surface area contributed by atoms with Gasteiger partial charge in [0.25, 0.3) is 5.91 Å². The second kappa shape index (κ2) is 10.6. The van der Waals surface area contributed by atoms with Crippen molar-refractivity contribution in [3.8, 4) is 22.8 Å². The van der Waals surface area contributed by atoms with Crippen LogP contribution in [0.2, 0.25) is 0 Å². The first-order chi connectivity index (χ1) is 17.6. The highest BCUT2D eigenvalue weighted by Crippen LogP contribution is 2.33. The molecule has 0 saturated heterocycles. The third kappa shape index (κ3) is 5.07. The Kier molecular flexibility index (Phi) is 6.93. The molecule has 8 heteroatoms. The fourth-order valence-corrected chi connectivity index (χ4v) is 4.22. The monoisotopic (exact) mass is 486 g/mol. The number of hydrogen-bond donors (Lipinski definition) is 1. The number of aromatic nitrogens is 2. The summed E-state index contributed by atoms with van der Waals surface area (Å²) >= 11 is 0. The van der Waals surface area contributed by atoms with Gasteiger partial charge in [-0.1, -0.05) is 36.4 Å². The van der Waals surface area contributed by atoms with Gasteiger partial charge >= 0.3 is 0 Å². The number of halogens is 1. The summed E-state index contributed by atoms with van der Waals surface area (Å²) in [5.41, 5.74) is 2.80. The molecule has 1 aliphatic heterocycles. The van der Waals surface area contributed by atoms with Crippen LogP contribution in [0.25, 0.3) is 11.3 Å². The first-order valence-electron chi connectivity index (χ1n) is 12.0. The maximum atomic E-state index is 14.8. The quantitative estimate of drug-likeness (QED) is 0.462. The first kappa shape index (κ1) is 23.5. The molecule has 2 aromatic carbocycles. The topological polar surface area (TPSA) is 76.6 Å². The molecule has 0 saturated carbocycles. The Morgan fingerprint density at radius 2 is 2.00 bits per heavy atom. The van der Waals surface area contributed by atoms with Gasteiger partial charge in [0.2, 0.25) is 12.7 Å². The van der Waals surface area contributed by atoms with E-state index in [-0.39, 0.29) is 29.5 Å². The zero-order valence-electron chi connectivity index (χ0n) is 20.0. The van der Waals surface area contributed by atoms with Crippen molar-refractivity contribution in [3.05, 3.63) is 89.4 Å². The van der Waals surface area contributed by atoms with E-state index in [0.717, 1.165) is 24.0 Å². The summed E-state index contributed by atoms with van der Waals surface area (Å²) in [4.78, 5) is 24.3. The molecule has 5 rings (SSSR count). The van der Waals surface area contributed by atoms with Crippen LogP contribution in [-0.2, 0) is 6.54 Å². The number of rotatable bonds is 8. The summed E-state index contributed by atoms with van der Waals surface area (Å²) in [6.45, 7) is 3.54. The molecule has 0 bridgehead atoms. The van der Waals surface area contributed by atoms with Crippen molar-refractivity contribution in [2.45, 2.75) is 26.3 Å². The maximum Gasteiger partial charge on any atom is 0.257 e. The molecule has 184 valence electrons. The molecule has 1 aromatic heterocycles. The Labute approximate surface area is 209 Å². The lowest BCUT2D eigenvalue weighted by Crippen LogP contribution is -2.33. The van der Waals surface area contributed by atoms with E-state index in [4.69, 9.17) is 9.47 Å². The number of hydrogen-bond acceptors (Lipinski definition) is 6. The zero-order valence-corrected chi connectivity index (χ0v) is 20.0. The van der Waals surface area contributed by atoms with E-state index >= 15 is 0 Å². The van der Waals surface area contributed by atoms with E-state index in [1.54, 1.807) is 23.1 Å². The van der Waals surface area contributed by atoms with Crippen LogP contribution in [0.4, 0.5) is 10.3 Å². The second-order valence-corrected chi connectivity index (χ2v) is 8.55. The van der Waals surface area contributed by atoms with Gasteiger partial charge in [0.15, 0.2) is 11.5 Å². The molecule has 0 unspecified atom stereocenters. The van der Waals surface area contributed by atoms with Gasteiger partial charge < -0.3 is 19.7 Å². The van der Waals surface area contributed by atoms with E-state index in [1.807, 2.05) is 25.1 Å². The molecule has 0 spiro atoms. The molecule has 1 amide bonds. The maximum absolute atomic E-state index is 14.8. The van der Waals surface area contributed by atoms with Crippen molar-refractivity contribution >= 4 is 11.9 Å². The number of anilines is 1. The second-order valence-electron chi connectivity index (χ2n) is 8.55. The predicted molar refractivity (Wildman–Crippen MR) is 135 cm³/mol. The van der Waals surface area contributed by atoms with Gasteiger partial charge in [-0.05, 0) is 55.2 Å². The van der Waals surface area contributed by atoms with E-state index in [1.165, 1.54) is 12.3 Å². The molecule has 0 fully saturated rings. The molecule has 3 aromatic rings. The number of allylic oxidation sites excluding steroid dienone is 2. The Morgan fingerprint density at radius 3 is 2.81 bits per heavy atom. The first-order valence-corrected chi connectivity index (χ1v) is 12.0. The lowest BCUT2D eigenvalue weighted by Gasteiger charge is -2.23. The summed E-state index contributed by atoms with van der Waals surface area (Å²) in [6, 6.07) is 12.0. The van der Waals surface area contributed by atoms with Crippen LogP contribution >= 0.6 is 0 Å². The molecule has 1 aliphatic carbocycles. The normalized spacial score (nSPS) is 13.9. The Bertz CT molecular complexity index is 1340. The molecule has 1 N–H and O–H groups in total. The summed E-state index contributed by atoms with van der Waals surface area (Å²) in [5, 5.41) is 3.17. The summed E-state index contributed by atoms with van der Waals surface area (Å²) in [6.07, 6.45) is 9.76.